The second-order valence-corrected chi connectivity index (χ2v) is 11.3. The number of morpholine rings is 2. The molecular weight excluding hydrogens is 548 g/mol. The maximum absolute atomic E-state index is 12.7. The van der Waals surface area contributed by atoms with Crippen LogP contribution in [0.4, 0.5) is 33.9 Å². The van der Waals surface area contributed by atoms with E-state index in [0.29, 0.717) is 55.5 Å². The molecular formula is C30H40N10O3. The number of benzene rings is 1. The number of nitrogens with one attached hydrogen (secondary N) is 2. The Balaban J connectivity index is 1.14. The lowest BCUT2D eigenvalue weighted by atomic mass is 10.2. The summed E-state index contributed by atoms with van der Waals surface area (Å²) in [5.74, 6) is 2.79. The summed E-state index contributed by atoms with van der Waals surface area (Å²) < 4.78 is 11.3. The van der Waals surface area contributed by atoms with Gasteiger partial charge < -0.3 is 39.7 Å². The molecule has 3 fully saturated rings. The van der Waals surface area contributed by atoms with Gasteiger partial charge in [0.1, 0.15) is 5.82 Å². The first-order valence-electron chi connectivity index (χ1n) is 15.0. The van der Waals surface area contributed by atoms with Crippen LogP contribution in [-0.4, -0.2) is 116 Å². The molecule has 2 unspecified atom stereocenters. The van der Waals surface area contributed by atoms with Crippen molar-refractivity contribution in [2.75, 3.05) is 98.1 Å². The molecule has 0 spiro atoms. The molecule has 6 rings (SSSR count). The van der Waals surface area contributed by atoms with Gasteiger partial charge in [-0.15, -0.1) is 0 Å². The van der Waals surface area contributed by atoms with Gasteiger partial charge in [0.15, 0.2) is 5.82 Å². The van der Waals surface area contributed by atoms with Crippen molar-refractivity contribution in [3.05, 3.63) is 42.6 Å². The second kappa shape index (κ2) is 13.1. The molecule has 2 N–H and O–H groups in total. The molecule has 1 aromatic carbocycles. The highest BCUT2D eigenvalue weighted by Gasteiger charge is 2.27. The standard InChI is InChI=1S/C30H40N10O3/c1-21-19-42-16-14-39(21)28-34-27(35-29(36-28)40-15-17-43-20-22(40)2)23-4-6-24(7-5-23)32-30(41)33-25-8-9-26(31-18-25)38-12-10-37(3)11-13-38/h4-9,18,21-22H,10-17,19-20H2,1-3H3,(H2,32,33,41). The quantitative estimate of drug-likeness (QED) is 0.442. The van der Waals surface area contributed by atoms with E-state index in [2.05, 4.69) is 56.1 Å². The summed E-state index contributed by atoms with van der Waals surface area (Å²) >= 11 is 0. The van der Waals surface area contributed by atoms with Gasteiger partial charge in [0.2, 0.25) is 11.9 Å². The number of nitrogens with zero attached hydrogens (tertiary/aromatic N) is 8. The Hall–Kier alpha value is -4.07. The summed E-state index contributed by atoms with van der Waals surface area (Å²) in [6, 6.07) is 11.3. The number of piperazine rings is 1. The first kappa shape index (κ1) is 29.0. The molecule has 228 valence electrons. The van der Waals surface area contributed by atoms with Crippen molar-refractivity contribution in [2.45, 2.75) is 25.9 Å². The van der Waals surface area contributed by atoms with Crippen molar-refractivity contribution in [1.82, 2.24) is 24.8 Å². The van der Waals surface area contributed by atoms with Crippen LogP contribution >= 0.6 is 0 Å². The highest BCUT2D eigenvalue weighted by atomic mass is 16.5. The van der Waals surface area contributed by atoms with E-state index in [1.54, 1.807) is 6.20 Å². The van der Waals surface area contributed by atoms with Crippen LogP contribution in [0.1, 0.15) is 13.8 Å². The van der Waals surface area contributed by atoms with E-state index >= 15 is 0 Å². The zero-order valence-electron chi connectivity index (χ0n) is 25.1. The number of pyridine rings is 1. The minimum absolute atomic E-state index is 0.155. The van der Waals surface area contributed by atoms with E-state index in [4.69, 9.17) is 24.4 Å². The lowest BCUT2D eigenvalue weighted by Crippen LogP contribution is -2.46. The summed E-state index contributed by atoms with van der Waals surface area (Å²) in [5, 5.41) is 5.76. The van der Waals surface area contributed by atoms with Crippen molar-refractivity contribution in [2.24, 2.45) is 0 Å². The second-order valence-electron chi connectivity index (χ2n) is 11.3. The zero-order valence-corrected chi connectivity index (χ0v) is 25.1. The van der Waals surface area contributed by atoms with Crippen LogP contribution in [0, 0.1) is 0 Å². The van der Waals surface area contributed by atoms with Crippen LogP contribution in [0.25, 0.3) is 11.4 Å². The highest BCUT2D eigenvalue weighted by Crippen LogP contribution is 2.26. The van der Waals surface area contributed by atoms with Crippen molar-refractivity contribution in [3.8, 4) is 11.4 Å². The third kappa shape index (κ3) is 6.95. The SMILES string of the molecule is CC1COCCN1c1nc(-c2ccc(NC(=O)Nc3ccc(N4CCN(C)CC4)nc3)cc2)nc(N2CCOCC2C)n1. The molecule has 3 aliphatic heterocycles. The van der Waals surface area contributed by atoms with Gasteiger partial charge in [-0.2, -0.15) is 15.0 Å². The van der Waals surface area contributed by atoms with E-state index in [0.717, 1.165) is 50.6 Å². The van der Waals surface area contributed by atoms with Crippen molar-refractivity contribution in [3.63, 3.8) is 0 Å². The van der Waals surface area contributed by atoms with Gasteiger partial charge in [0, 0.05) is 50.5 Å². The number of urea groups is 1. The van der Waals surface area contributed by atoms with Crippen LogP contribution in [0.2, 0.25) is 0 Å². The molecule has 3 saturated heterocycles. The van der Waals surface area contributed by atoms with Crippen molar-refractivity contribution < 1.29 is 14.3 Å². The maximum atomic E-state index is 12.7. The number of hydrogen-bond acceptors (Lipinski definition) is 11. The number of hydrogen-bond donors (Lipinski definition) is 2. The lowest BCUT2D eigenvalue weighted by Gasteiger charge is -2.36. The molecule has 0 aliphatic carbocycles. The molecule has 43 heavy (non-hydrogen) atoms. The Kier molecular flexibility index (Phi) is 8.82. The van der Waals surface area contributed by atoms with E-state index in [1.807, 2.05) is 36.4 Å². The summed E-state index contributed by atoms with van der Waals surface area (Å²) in [5.41, 5.74) is 2.12. The average Bonchev–Trinajstić information content (AvgIpc) is 3.02. The number of amides is 2. The largest absolute Gasteiger partial charge is 0.377 e. The molecule has 0 saturated carbocycles. The van der Waals surface area contributed by atoms with E-state index < -0.39 is 0 Å². The summed E-state index contributed by atoms with van der Waals surface area (Å²) in [7, 11) is 2.13. The van der Waals surface area contributed by atoms with Gasteiger partial charge in [0.25, 0.3) is 0 Å². The Labute approximate surface area is 252 Å². The van der Waals surface area contributed by atoms with Crippen LogP contribution in [0.15, 0.2) is 42.6 Å². The molecule has 13 nitrogen and oxygen atoms in total. The van der Waals surface area contributed by atoms with Crippen LogP contribution < -0.4 is 25.3 Å². The summed E-state index contributed by atoms with van der Waals surface area (Å²) in [6.45, 7) is 12.1. The molecule has 13 heteroatoms. The Morgan fingerprint density at radius 1 is 0.767 bits per heavy atom. The van der Waals surface area contributed by atoms with Gasteiger partial charge >= 0.3 is 6.03 Å². The minimum Gasteiger partial charge on any atom is -0.377 e. The predicted octanol–water partition coefficient (Wildman–Crippen LogP) is 2.78. The number of ether oxygens (including phenoxy) is 2. The fourth-order valence-electron chi connectivity index (χ4n) is 5.47. The minimum atomic E-state index is -0.339. The van der Waals surface area contributed by atoms with E-state index in [9.17, 15) is 4.79 Å². The number of aromatic nitrogens is 4. The molecule has 2 aromatic heterocycles. The van der Waals surface area contributed by atoms with Crippen LogP contribution in [0.3, 0.4) is 0 Å². The molecule has 0 bridgehead atoms. The maximum Gasteiger partial charge on any atom is 0.323 e. The van der Waals surface area contributed by atoms with Crippen LogP contribution in [-0.2, 0) is 9.47 Å². The molecule has 2 amide bonds. The molecule has 5 heterocycles. The highest BCUT2D eigenvalue weighted by molar-refractivity contribution is 5.99. The Bertz CT molecular complexity index is 1340. The third-order valence-electron chi connectivity index (χ3n) is 8.09. The number of carbonyl (C=O) groups is 1. The van der Waals surface area contributed by atoms with Gasteiger partial charge in [-0.25, -0.2) is 9.78 Å². The van der Waals surface area contributed by atoms with Gasteiger partial charge in [-0.3, -0.25) is 0 Å². The zero-order chi connectivity index (χ0) is 29.8. The lowest BCUT2D eigenvalue weighted by molar-refractivity contribution is 0.0969. The van der Waals surface area contributed by atoms with Crippen molar-refractivity contribution in [1.29, 1.82) is 0 Å². The molecule has 0 radical (unpaired) electrons. The first-order valence-corrected chi connectivity index (χ1v) is 15.0. The number of carbonyl (C=O) groups excluding carboxylic acids is 1. The van der Waals surface area contributed by atoms with E-state index in [1.165, 1.54) is 0 Å². The van der Waals surface area contributed by atoms with Gasteiger partial charge in [-0.05, 0) is 57.3 Å². The van der Waals surface area contributed by atoms with E-state index in [-0.39, 0.29) is 18.1 Å². The normalized spacial score (nSPS) is 21.5. The molecule has 3 aliphatic rings. The topological polar surface area (TPSA) is 124 Å². The smallest absolute Gasteiger partial charge is 0.323 e. The fraction of sp³-hybridized carbons (Fsp3) is 0.500. The molecule has 2 atom stereocenters. The third-order valence-corrected chi connectivity index (χ3v) is 8.09. The fourth-order valence-corrected chi connectivity index (χ4v) is 5.47. The number of rotatable bonds is 6. The van der Waals surface area contributed by atoms with Crippen molar-refractivity contribution >= 4 is 35.1 Å². The predicted molar refractivity (Wildman–Crippen MR) is 167 cm³/mol. The molecule has 3 aromatic rings. The number of anilines is 5. The number of likely N-dealkylation sites (N-methyl/N-ethyl adjacent to an activating group) is 1. The van der Waals surface area contributed by atoms with Gasteiger partial charge in [0.05, 0.1) is 50.4 Å². The summed E-state index contributed by atoms with van der Waals surface area (Å²) in [4.78, 5) is 40.8. The first-order chi connectivity index (χ1) is 20.9. The summed E-state index contributed by atoms with van der Waals surface area (Å²) in [6.07, 6.45) is 1.69. The van der Waals surface area contributed by atoms with Gasteiger partial charge in [-0.1, -0.05) is 0 Å². The van der Waals surface area contributed by atoms with Crippen LogP contribution in [0.5, 0.6) is 0 Å². The monoisotopic (exact) mass is 588 g/mol. The average molecular weight is 589 g/mol. The Morgan fingerprint density at radius 2 is 1.35 bits per heavy atom. The Morgan fingerprint density at radius 3 is 1.91 bits per heavy atom.